The Labute approximate surface area is 137 Å². The lowest BCUT2D eigenvalue weighted by molar-refractivity contribution is 0.276. The van der Waals surface area contributed by atoms with E-state index in [1.165, 1.54) is 96.7 Å². The number of unbranched alkanes of at least 4 members (excludes halogenated alkanes) is 10. The zero-order chi connectivity index (χ0) is 14.9. The first-order valence-electron chi connectivity index (χ1n) is 9.13. The Morgan fingerprint density at radius 3 is 1.35 bits per heavy atom. The van der Waals surface area contributed by atoms with Gasteiger partial charge in [0.05, 0.1) is 0 Å². The summed E-state index contributed by atoms with van der Waals surface area (Å²) in [6, 6.07) is 0. The summed E-state index contributed by atoms with van der Waals surface area (Å²) in [7, 11) is 0. The molecule has 0 saturated carbocycles. The Hall–Kier alpha value is 0.440. The van der Waals surface area contributed by atoms with Crippen LogP contribution >= 0.6 is 15.9 Å². The molecule has 0 unspecified atom stereocenters. The first-order valence-corrected chi connectivity index (χ1v) is 10.3. The van der Waals surface area contributed by atoms with Crippen LogP contribution < -0.4 is 0 Å². The van der Waals surface area contributed by atoms with E-state index < -0.39 is 0 Å². The van der Waals surface area contributed by atoms with Crippen molar-refractivity contribution in [2.24, 2.45) is 0 Å². The monoisotopic (exact) mass is 347 g/mol. The van der Waals surface area contributed by atoms with Crippen LogP contribution in [-0.4, -0.2) is 29.9 Å². The summed E-state index contributed by atoms with van der Waals surface area (Å²) in [4.78, 5) is 2.66. The second-order valence-electron chi connectivity index (χ2n) is 6.07. The molecule has 2 heteroatoms. The molecule has 0 heterocycles. The molecule has 0 aliphatic heterocycles. The van der Waals surface area contributed by atoms with Crippen molar-refractivity contribution < 1.29 is 0 Å². The summed E-state index contributed by atoms with van der Waals surface area (Å²) >= 11 is 3.59. The molecule has 0 saturated heterocycles. The van der Waals surface area contributed by atoms with Crippen LogP contribution in [0.3, 0.4) is 0 Å². The fourth-order valence-corrected chi connectivity index (χ4v) is 3.19. The van der Waals surface area contributed by atoms with Gasteiger partial charge in [-0.2, -0.15) is 0 Å². The van der Waals surface area contributed by atoms with Gasteiger partial charge in [0.15, 0.2) is 0 Å². The molecule has 1 nitrogen and oxygen atoms in total. The second kappa shape index (κ2) is 17.5. The topological polar surface area (TPSA) is 3.24 Å². The molecule has 0 bridgehead atoms. The minimum atomic E-state index is 1.12. The molecule has 122 valence electrons. The maximum Gasteiger partial charge on any atom is 0.0159 e. The first-order chi connectivity index (χ1) is 9.85. The molecule has 0 aliphatic carbocycles. The van der Waals surface area contributed by atoms with Crippen molar-refractivity contribution in [1.82, 2.24) is 4.90 Å². The van der Waals surface area contributed by atoms with Crippen molar-refractivity contribution in [1.29, 1.82) is 0 Å². The third-order valence-electron chi connectivity index (χ3n) is 4.06. The SMILES string of the molecule is CCCCCCCCN(CCBr)CCCCCCCC. The molecule has 0 radical (unpaired) electrons. The maximum absolute atomic E-state index is 3.59. The van der Waals surface area contributed by atoms with Gasteiger partial charge in [0.1, 0.15) is 0 Å². The summed E-state index contributed by atoms with van der Waals surface area (Å²) in [6.45, 7) is 8.43. The minimum absolute atomic E-state index is 1.12. The second-order valence-corrected chi connectivity index (χ2v) is 6.86. The van der Waals surface area contributed by atoms with Crippen molar-refractivity contribution in [3.8, 4) is 0 Å². The van der Waals surface area contributed by atoms with E-state index in [0.29, 0.717) is 0 Å². The normalized spacial score (nSPS) is 11.4. The van der Waals surface area contributed by atoms with Crippen molar-refractivity contribution in [3.05, 3.63) is 0 Å². The molecule has 0 aliphatic rings. The lowest BCUT2D eigenvalue weighted by atomic mass is 10.1. The number of hydrogen-bond donors (Lipinski definition) is 0. The fraction of sp³-hybridized carbons (Fsp3) is 1.00. The zero-order valence-corrected chi connectivity index (χ0v) is 15.7. The van der Waals surface area contributed by atoms with Gasteiger partial charge in [-0.05, 0) is 25.9 Å². The van der Waals surface area contributed by atoms with E-state index in [4.69, 9.17) is 0 Å². The van der Waals surface area contributed by atoms with Gasteiger partial charge in [-0.25, -0.2) is 0 Å². The molecule has 0 aromatic heterocycles. The van der Waals surface area contributed by atoms with Gasteiger partial charge in [0.2, 0.25) is 0 Å². The third-order valence-corrected chi connectivity index (χ3v) is 4.41. The zero-order valence-electron chi connectivity index (χ0n) is 14.1. The standard InChI is InChI=1S/C18H38BrN/c1-3-5-7-9-11-13-16-20(18-15-19)17-14-12-10-8-6-4-2/h3-18H2,1-2H3. The van der Waals surface area contributed by atoms with Crippen LogP contribution in [0.4, 0.5) is 0 Å². The van der Waals surface area contributed by atoms with Gasteiger partial charge >= 0.3 is 0 Å². The number of hydrogen-bond acceptors (Lipinski definition) is 1. The molecular formula is C18H38BrN. The lowest BCUT2D eigenvalue weighted by Gasteiger charge is -2.21. The van der Waals surface area contributed by atoms with Gasteiger partial charge in [-0.3, -0.25) is 0 Å². The third kappa shape index (κ3) is 14.8. The first kappa shape index (κ1) is 20.4. The molecule has 20 heavy (non-hydrogen) atoms. The summed E-state index contributed by atoms with van der Waals surface area (Å²) in [5.41, 5.74) is 0. The van der Waals surface area contributed by atoms with E-state index in [1.807, 2.05) is 0 Å². The average Bonchev–Trinajstić information content (AvgIpc) is 2.46. The van der Waals surface area contributed by atoms with Crippen molar-refractivity contribution in [2.75, 3.05) is 25.0 Å². The predicted octanol–water partition coefficient (Wildman–Crippen LogP) is 6.40. The molecular weight excluding hydrogens is 310 g/mol. The van der Waals surface area contributed by atoms with Crippen LogP contribution in [0.15, 0.2) is 0 Å². The number of rotatable bonds is 16. The molecule has 0 aromatic rings. The van der Waals surface area contributed by atoms with Gasteiger partial charge in [-0.15, -0.1) is 0 Å². The Morgan fingerprint density at radius 1 is 0.550 bits per heavy atom. The highest BCUT2D eigenvalue weighted by atomic mass is 79.9. The van der Waals surface area contributed by atoms with Crippen LogP contribution in [0.25, 0.3) is 0 Å². The smallest absolute Gasteiger partial charge is 0.0159 e. The Kier molecular flexibility index (Phi) is 17.9. The van der Waals surface area contributed by atoms with E-state index in [9.17, 15) is 0 Å². The van der Waals surface area contributed by atoms with E-state index in [2.05, 4.69) is 34.7 Å². The quantitative estimate of drug-likeness (QED) is 0.230. The van der Waals surface area contributed by atoms with Crippen molar-refractivity contribution in [2.45, 2.75) is 90.9 Å². The summed E-state index contributed by atoms with van der Waals surface area (Å²) in [5, 5.41) is 1.12. The lowest BCUT2D eigenvalue weighted by Crippen LogP contribution is -2.28. The molecule has 0 N–H and O–H groups in total. The van der Waals surface area contributed by atoms with Crippen LogP contribution in [0.5, 0.6) is 0 Å². The van der Waals surface area contributed by atoms with E-state index in [1.54, 1.807) is 0 Å². The van der Waals surface area contributed by atoms with E-state index >= 15 is 0 Å². The molecule has 0 amide bonds. The summed E-state index contributed by atoms with van der Waals surface area (Å²) in [5.74, 6) is 0. The Morgan fingerprint density at radius 2 is 0.950 bits per heavy atom. The Balaban J connectivity index is 3.45. The highest BCUT2D eigenvalue weighted by Gasteiger charge is 2.03. The predicted molar refractivity (Wildman–Crippen MR) is 97.0 cm³/mol. The van der Waals surface area contributed by atoms with Gasteiger partial charge in [0, 0.05) is 11.9 Å². The molecule has 0 fully saturated rings. The summed E-state index contributed by atoms with van der Waals surface area (Å²) in [6.07, 6.45) is 16.9. The average molecular weight is 348 g/mol. The van der Waals surface area contributed by atoms with Crippen LogP contribution in [0.2, 0.25) is 0 Å². The van der Waals surface area contributed by atoms with Gasteiger partial charge in [-0.1, -0.05) is 94.0 Å². The Bertz CT molecular complexity index is 157. The highest BCUT2D eigenvalue weighted by Crippen LogP contribution is 2.09. The van der Waals surface area contributed by atoms with Gasteiger partial charge < -0.3 is 4.90 Å². The van der Waals surface area contributed by atoms with Gasteiger partial charge in [0.25, 0.3) is 0 Å². The minimum Gasteiger partial charge on any atom is -0.303 e. The van der Waals surface area contributed by atoms with Crippen molar-refractivity contribution in [3.63, 3.8) is 0 Å². The van der Waals surface area contributed by atoms with E-state index in [-0.39, 0.29) is 0 Å². The van der Waals surface area contributed by atoms with E-state index in [0.717, 1.165) is 5.33 Å². The van der Waals surface area contributed by atoms with Crippen LogP contribution in [0, 0.1) is 0 Å². The molecule has 0 spiro atoms. The number of halogens is 1. The molecule has 0 aromatic carbocycles. The van der Waals surface area contributed by atoms with Crippen LogP contribution in [-0.2, 0) is 0 Å². The highest BCUT2D eigenvalue weighted by molar-refractivity contribution is 9.09. The largest absolute Gasteiger partial charge is 0.303 e. The number of alkyl halides is 1. The maximum atomic E-state index is 3.59. The van der Waals surface area contributed by atoms with Crippen molar-refractivity contribution >= 4 is 15.9 Å². The molecule has 0 atom stereocenters. The van der Waals surface area contributed by atoms with Crippen LogP contribution in [0.1, 0.15) is 90.9 Å². The number of nitrogens with zero attached hydrogens (tertiary/aromatic N) is 1. The summed E-state index contributed by atoms with van der Waals surface area (Å²) < 4.78 is 0. The molecule has 0 rings (SSSR count). The fourth-order valence-electron chi connectivity index (χ4n) is 2.69.